The van der Waals surface area contributed by atoms with Gasteiger partial charge in [0.25, 0.3) is 0 Å². The summed E-state index contributed by atoms with van der Waals surface area (Å²) < 4.78 is 3.87. The van der Waals surface area contributed by atoms with E-state index in [4.69, 9.17) is 0 Å². The lowest BCUT2D eigenvalue weighted by molar-refractivity contribution is 0.601. The molecule has 16 heavy (non-hydrogen) atoms. The van der Waals surface area contributed by atoms with Crippen LogP contribution in [0.2, 0.25) is 0 Å². The first kappa shape index (κ1) is 9.78. The van der Waals surface area contributed by atoms with Crippen molar-refractivity contribution in [2.24, 2.45) is 0 Å². The van der Waals surface area contributed by atoms with Gasteiger partial charge in [0.2, 0.25) is 0 Å². The number of hydrogen-bond acceptors (Lipinski definition) is 4. The summed E-state index contributed by atoms with van der Waals surface area (Å²) in [6.07, 6.45) is 5.44. The van der Waals surface area contributed by atoms with Gasteiger partial charge in [0.15, 0.2) is 0 Å². The molecule has 0 bridgehead atoms. The fourth-order valence-corrected chi connectivity index (χ4v) is 2.78. The van der Waals surface area contributed by atoms with Gasteiger partial charge in [-0.05, 0) is 30.4 Å². The first-order chi connectivity index (χ1) is 7.93. The molecule has 0 saturated heterocycles. The molecule has 82 valence electrons. The Hall–Kier alpha value is -1.42. The molecule has 0 saturated carbocycles. The summed E-state index contributed by atoms with van der Waals surface area (Å²) in [5, 5.41) is 8.42. The van der Waals surface area contributed by atoms with Crippen molar-refractivity contribution in [2.75, 3.05) is 5.32 Å². The Bertz CT molecular complexity index is 467. The Balaban J connectivity index is 1.87. The molecule has 3 rings (SSSR count). The van der Waals surface area contributed by atoms with Gasteiger partial charge in [-0.1, -0.05) is 28.8 Å². The van der Waals surface area contributed by atoms with Crippen molar-refractivity contribution in [3.8, 4) is 0 Å². The average Bonchev–Trinajstić information content (AvgIpc) is 2.82. The Kier molecular flexibility index (Phi) is 2.58. The van der Waals surface area contributed by atoms with Crippen LogP contribution in [0.1, 0.15) is 30.0 Å². The fourth-order valence-electron chi connectivity index (χ4n) is 2.31. The molecule has 0 fully saturated rings. The molecule has 1 aromatic heterocycles. The minimum Gasteiger partial charge on any atom is -0.368 e. The summed E-state index contributed by atoms with van der Waals surface area (Å²) in [6.45, 7) is 0. The normalized spacial score (nSPS) is 19.1. The van der Waals surface area contributed by atoms with Crippen LogP contribution in [0.5, 0.6) is 0 Å². The number of hydrogen-bond donors (Lipinski definition) is 1. The third kappa shape index (κ3) is 1.80. The lowest BCUT2D eigenvalue weighted by Crippen LogP contribution is -2.16. The summed E-state index contributed by atoms with van der Waals surface area (Å²) in [7, 11) is 0. The zero-order valence-corrected chi connectivity index (χ0v) is 9.70. The molecular weight excluding hydrogens is 218 g/mol. The summed E-state index contributed by atoms with van der Waals surface area (Å²) >= 11 is 1.42. The number of fused-ring (bicyclic) bond motifs is 1. The molecular formula is C12H13N3S. The minimum absolute atomic E-state index is 0.423. The van der Waals surface area contributed by atoms with Crippen LogP contribution in [0.3, 0.4) is 0 Å². The zero-order valence-electron chi connectivity index (χ0n) is 8.89. The van der Waals surface area contributed by atoms with Crippen molar-refractivity contribution >= 4 is 16.5 Å². The maximum absolute atomic E-state index is 3.87. The van der Waals surface area contributed by atoms with Crippen LogP contribution in [-0.2, 0) is 6.42 Å². The van der Waals surface area contributed by atoms with Crippen LogP contribution in [0.15, 0.2) is 30.5 Å². The molecule has 1 unspecified atom stereocenters. The maximum atomic E-state index is 3.87. The van der Waals surface area contributed by atoms with E-state index in [1.807, 2.05) is 0 Å². The number of nitrogens with one attached hydrogen (secondary N) is 1. The van der Waals surface area contributed by atoms with E-state index in [9.17, 15) is 0 Å². The van der Waals surface area contributed by atoms with E-state index in [1.165, 1.54) is 41.9 Å². The van der Waals surface area contributed by atoms with Gasteiger partial charge in [-0.25, -0.2) is 0 Å². The lowest BCUT2D eigenvalue weighted by atomic mass is 9.88. The maximum Gasteiger partial charge on any atom is 0.130 e. The van der Waals surface area contributed by atoms with Crippen LogP contribution >= 0.6 is 11.5 Å². The van der Waals surface area contributed by atoms with Gasteiger partial charge in [0.1, 0.15) is 5.00 Å². The zero-order chi connectivity index (χ0) is 10.8. The second-order valence-corrected chi connectivity index (χ2v) is 4.86. The summed E-state index contributed by atoms with van der Waals surface area (Å²) in [6, 6.07) is 9.11. The lowest BCUT2D eigenvalue weighted by Gasteiger charge is -2.26. The van der Waals surface area contributed by atoms with Gasteiger partial charge in [-0.3, -0.25) is 0 Å². The predicted octanol–water partition coefficient (Wildman–Crippen LogP) is 3.03. The summed E-state index contributed by atoms with van der Waals surface area (Å²) in [4.78, 5) is 0. The van der Waals surface area contributed by atoms with E-state index in [2.05, 4.69) is 39.2 Å². The van der Waals surface area contributed by atoms with Gasteiger partial charge in [0, 0.05) is 11.5 Å². The van der Waals surface area contributed by atoms with Crippen molar-refractivity contribution in [3.05, 3.63) is 41.6 Å². The van der Waals surface area contributed by atoms with Gasteiger partial charge in [0.05, 0.1) is 12.2 Å². The molecule has 0 aliphatic heterocycles. The third-order valence-corrected chi connectivity index (χ3v) is 3.64. The number of rotatable bonds is 2. The van der Waals surface area contributed by atoms with Crippen LogP contribution < -0.4 is 5.32 Å². The van der Waals surface area contributed by atoms with E-state index in [0.29, 0.717) is 6.04 Å². The molecule has 0 radical (unpaired) electrons. The van der Waals surface area contributed by atoms with E-state index in [-0.39, 0.29) is 0 Å². The van der Waals surface area contributed by atoms with Gasteiger partial charge in [-0.2, -0.15) is 0 Å². The molecule has 1 aliphatic carbocycles. The van der Waals surface area contributed by atoms with Crippen molar-refractivity contribution < 1.29 is 0 Å². The average molecular weight is 231 g/mol. The van der Waals surface area contributed by atoms with Crippen molar-refractivity contribution in [1.29, 1.82) is 0 Å². The smallest absolute Gasteiger partial charge is 0.130 e. The Morgan fingerprint density at radius 1 is 1.31 bits per heavy atom. The molecule has 1 aromatic carbocycles. The second kappa shape index (κ2) is 4.22. The van der Waals surface area contributed by atoms with Gasteiger partial charge in [-0.15, -0.1) is 5.10 Å². The standard InChI is InChI=1S/C12H13N3S/c1-2-6-10-9(4-1)5-3-7-11(10)14-12-8-13-15-16-12/h1-2,4,6,8,11,14H,3,5,7H2. The summed E-state index contributed by atoms with van der Waals surface area (Å²) in [5.41, 5.74) is 2.91. The molecule has 1 N–H and O–H groups in total. The highest BCUT2D eigenvalue weighted by molar-refractivity contribution is 7.09. The monoisotopic (exact) mass is 231 g/mol. The van der Waals surface area contributed by atoms with E-state index in [1.54, 1.807) is 6.20 Å². The fraction of sp³-hybridized carbons (Fsp3) is 0.333. The largest absolute Gasteiger partial charge is 0.368 e. The number of anilines is 1. The summed E-state index contributed by atoms with van der Waals surface area (Å²) in [5.74, 6) is 0. The van der Waals surface area contributed by atoms with Crippen LogP contribution in [0.25, 0.3) is 0 Å². The number of nitrogens with zero attached hydrogens (tertiary/aromatic N) is 2. The topological polar surface area (TPSA) is 37.8 Å². The molecule has 0 amide bonds. The van der Waals surface area contributed by atoms with Crippen LogP contribution in [0, 0.1) is 0 Å². The first-order valence-electron chi connectivity index (χ1n) is 5.55. The van der Waals surface area contributed by atoms with E-state index < -0.39 is 0 Å². The SMILES string of the molecule is c1ccc2c(c1)CCCC2Nc1cnns1. The van der Waals surface area contributed by atoms with Crippen molar-refractivity contribution in [3.63, 3.8) is 0 Å². The molecule has 4 heteroatoms. The molecule has 0 spiro atoms. The number of benzene rings is 1. The highest BCUT2D eigenvalue weighted by Gasteiger charge is 2.19. The third-order valence-electron chi connectivity index (χ3n) is 3.05. The van der Waals surface area contributed by atoms with Crippen LogP contribution in [-0.4, -0.2) is 9.59 Å². The van der Waals surface area contributed by atoms with Gasteiger partial charge < -0.3 is 5.32 Å². The predicted molar refractivity (Wildman–Crippen MR) is 65.7 cm³/mol. The Morgan fingerprint density at radius 3 is 3.12 bits per heavy atom. The van der Waals surface area contributed by atoms with Crippen LogP contribution in [0.4, 0.5) is 5.00 Å². The van der Waals surface area contributed by atoms with Crippen molar-refractivity contribution in [2.45, 2.75) is 25.3 Å². The molecule has 3 nitrogen and oxygen atoms in total. The van der Waals surface area contributed by atoms with Crippen molar-refractivity contribution in [1.82, 2.24) is 9.59 Å². The number of aryl methyl sites for hydroxylation is 1. The highest BCUT2D eigenvalue weighted by atomic mass is 32.1. The first-order valence-corrected chi connectivity index (χ1v) is 6.32. The molecule has 2 aromatic rings. The van der Waals surface area contributed by atoms with E-state index >= 15 is 0 Å². The highest BCUT2D eigenvalue weighted by Crippen LogP contribution is 2.32. The minimum atomic E-state index is 0.423. The Labute approximate surface area is 98.7 Å². The second-order valence-electron chi connectivity index (χ2n) is 4.07. The van der Waals surface area contributed by atoms with Gasteiger partial charge >= 0.3 is 0 Å². The molecule has 1 heterocycles. The van der Waals surface area contributed by atoms with E-state index in [0.717, 1.165) is 5.00 Å². The quantitative estimate of drug-likeness (QED) is 0.863. The number of aromatic nitrogens is 2. The molecule has 1 aliphatic rings. The Morgan fingerprint density at radius 2 is 2.25 bits per heavy atom. The molecule has 1 atom stereocenters.